The summed E-state index contributed by atoms with van der Waals surface area (Å²) in [6.45, 7) is 0.212. The zero-order valence-corrected chi connectivity index (χ0v) is 10.4. The zero-order chi connectivity index (χ0) is 13.7. The second kappa shape index (κ2) is 5.97. The van der Waals surface area contributed by atoms with Gasteiger partial charge in [0.15, 0.2) is 0 Å². The summed E-state index contributed by atoms with van der Waals surface area (Å²) in [5.41, 5.74) is 12.5. The maximum atomic E-state index is 8.71. The summed E-state index contributed by atoms with van der Waals surface area (Å²) in [5, 5.41) is 8.71. The summed E-state index contributed by atoms with van der Waals surface area (Å²) in [6.07, 6.45) is 0. The fraction of sp³-hybridized carbons (Fsp3) is 0.143. The first-order valence-electron chi connectivity index (χ1n) is 5.85. The van der Waals surface area contributed by atoms with Crippen LogP contribution in [0.1, 0.15) is 0 Å². The lowest BCUT2D eigenvalue weighted by molar-refractivity contribution is 0.201. The lowest BCUT2D eigenvalue weighted by atomic mass is 10.2. The van der Waals surface area contributed by atoms with Gasteiger partial charge in [-0.25, -0.2) is 0 Å². The Morgan fingerprint density at radius 2 is 1.79 bits per heavy atom. The van der Waals surface area contributed by atoms with E-state index in [0.29, 0.717) is 28.6 Å². The number of ether oxygens (including phenoxy) is 2. The van der Waals surface area contributed by atoms with Gasteiger partial charge in [-0.05, 0) is 30.3 Å². The van der Waals surface area contributed by atoms with Crippen molar-refractivity contribution in [2.45, 2.75) is 0 Å². The predicted molar refractivity (Wildman–Crippen MR) is 74.4 cm³/mol. The van der Waals surface area contributed by atoms with Gasteiger partial charge in [0.1, 0.15) is 23.9 Å². The van der Waals surface area contributed by atoms with Crippen molar-refractivity contribution >= 4 is 11.4 Å². The fourth-order valence-corrected chi connectivity index (χ4v) is 1.58. The molecule has 0 saturated heterocycles. The number of rotatable bonds is 5. The highest BCUT2D eigenvalue weighted by Crippen LogP contribution is 2.30. The van der Waals surface area contributed by atoms with Crippen LogP contribution in [0.15, 0.2) is 42.5 Å². The van der Waals surface area contributed by atoms with Gasteiger partial charge in [-0.15, -0.1) is 0 Å². The van der Waals surface area contributed by atoms with Gasteiger partial charge in [0.05, 0.1) is 12.3 Å². The molecule has 2 aromatic carbocycles. The quantitative estimate of drug-likeness (QED) is 0.715. The minimum absolute atomic E-state index is 0.0318. The number of aliphatic hydroxyl groups is 1. The lowest BCUT2D eigenvalue weighted by Gasteiger charge is -2.10. The van der Waals surface area contributed by atoms with Crippen LogP contribution in [0.2, 0.25) is 0 Å². The molecule has 0 spiro atoms. The van der Waals surface area contributed by atoms with Crippen LogP contribution in [-0.4, -0.2) is 18.3 Å². The molecule has 0 atom stereocenters. The molecule has 5 heteroatoms. The molecule has 0 radical (unpaired) electrons. The Morgan fingerprint density at radius 3 is 2.53 bits per heavy atom. The van der Waals surface area contributed by atoms with Crippen LogP contribution >= 0.6 is 0 Å². The molecule has 19 heavy (non-hydrogen) atoms. The van der Waals surface area contributed by atoms with E-state index < -0.39 is 0 Å². The molecule has 2 aromatic rings. The van der Waals surface area contributed by atoms with Crippen molar-refractivity contribution < 1.29 is 14.6 Å². The molecule has 0 unspecified atom stereocenters. The average molecular weight is 260 g/mol. The fourth-order valence-electron chi connectivity index (χ4n) is 1.58. The molecule has 0 saturated carbocycles. The van der Waals surface area contributed by atoms with Crippen LogP contribution in [0.25, 0.3) is 0 Å². The number of hydrogen-bond donors (Lipinski definition) is 3. The normalized spacial score (nSPS) is 10.2. The van der Waals surface area contributed by atoms with E-state index >= 15 is 0 Å². The Balaban J connectivity index is 2.14. The first-order chi connectivity index (χ1) is 9.19. The number of anilines is 2. The van der Waals surface area contributed by atoms with Crippen molar-refractivity contribution in [3.05, 3.63) is 42.5 Å². The highest BCUT2D eigenvalue weighted by atomic mass is 16.5. The largest absolute Gasteiger partial charge is 0.491 e. The van der Waals surface area contributed by atoms with Crippen molar-refractivity contribution in [1.29, 1.82) is 0 Å². The first-order valence-corrected chi connectivity index (χ1v) is 5.85. The zero-order valence-electron chi connectivity index (χ0n) is 10.4. The number of nitrogens with two attached hydrogens (primary N) is 2. The van der Waals surface area contributed by atoms with Gasteiger partial charge in [0.2, 0.25) is 0 Å². The minimum Gasteiger partial charge on any atom is -0.491 e. The summed E-state index contributed by atoms with van der Waals surface area (Å²) in [4.78, 5) is 0. The molecule has 0 aromatic heterocycles. The Bertz CT molecular complexity index is 558. The van der Waals surface area contributed by atoms with E-state index in [0.717, 1.165) is 0 Å². The molecule has 0 aliphatic heterocycles. The molecule has 100 valence electrons. The van der Waals surface area contributed by atoms with Gasteiger partial charge in [-0.2, -0.15) is 0 Å². The Morgan fingerprint density at radius 1 is 1.00 bits per heavy atom. The third kappa shape index (κ3) is 3.53. The third-order valence-electron chi connectivity index (χ3n) is 2.43. The van der Waals surface area contributed by atoms with Crippen molar-refractivity contribution in [3.8, 4) is 17.2 Å². The van der Waals surface area contributed by atoms with Gasteiger partial charge >= 0.3 is 0 Å². The molecular weight excluding hydrogens is 244 g/mol. The molecule has 5 nitrogen and oxygen atoms in total. The van der Waals surface area contributed by atoms with Crippen molar-refractivity contribution in [2.75, 3.05) is 24.7 Å². The third-order valence-corrected chi connectivity index (χ3v) is 2.43. The molecule has 2 rings (SSSR count). The number of benzene rings is 2. The Hall–Kier alpha value is -2.40. The van der Waals surface area contributed by atoms with E-state index in [2.05, 4.69) is 0 Å². The number of nitrogen functional groups attached to an aromatic ring is 2. The van der Waals surface area contributed by atoms with E-state index in [4.69, 9.17) is 26.0 Å². The van der Waals surface area contributed by atoms with Gasteiger partial charge in [-0.1, -0.05) is 6.07 Å². The van der Waals surface area contributed by atoms with Gasteiger partial charge in [0, 0.05) is 11.8 Å². The van der Waals surface area contributed by atoms with Crippen molar-refractivity contribution in [2.24, 2.45) is 0 Å². The van der Waals surface area contributed by atoms with Crippen LogP contribution in [0, 0.1) is 0 Å². The highest BCUT2D eigenvalue weighted by molar-refractivity contribution is 5.61. The summed E-state index contributed by atoms with van der Waals surface area (Å²) in [5.74, 6) is 1.76. The van der Waals surface area contributed by atoms with Gasteiger partial charge < -0.3 is 26.0 Å². The van der Waals surface area contributed by atoms with E-state index in [1.54, 1.807) is 42.5 Å². The molecule has 0 aliphatic carbocycles. The van der Waals surface area contributed by atoms with Crippen LogP contribution in [0.5, 0.6) is 17.2 Å². The van der Waals surface area contributed by atoms with Crippen molar-refractivity contribution in [1.82, 2.24) is 0 Å². The van der Waals surface area contributed by atoms with E-state index in [1.807, 2.05) is 0 Å². The monoisotopic (exact) mass is 260 g/mol. The number of aliphatic hydroxyl groups excluding tert-OH is 1. The molecular formula is C14H16N2O3. The molecule has 0 aliphatic rings. The predicted octanol–water partition coefficient (Wildman–Crippen LogP) is 2.01. The molecule has 0 heterocycles. The smallest absolute Gasteiger partial charge is 0.150 e. The number of hydrogen-bond acceptors (Lipinski definition) is 5. The second-order valence-electron chi connectivity index (χ2n) is 3.95. The maximum absolute atomic E-state index is 8.71. The maximum Gasteiger partial charge on any atom is 0.150 e. The van der Waals surface area contributed by atoms with Gasteiger partial charge in [-0.3, -0.25) is 0 Å². The SMILES string of the molecule is Nc1ccc(Oc2cccc(OCCO)c2)c(N)c1. The van der Waals surface area contributed by atoms with Crippen LogP contribution in [0.4, 0.5) is 11.4 Å². The van der Waals surface area contributed by atoms with E-state index in [9.17, 15) is 0 Å². The Labute approximate surface area is 111 Å². The average Bonchev–Trinajstić information content (AvgIpc) is 2.40. The topological polar surface area (TPSA) is 90.7 Å². The summed E-state index contributed by atoms with van der Waals surface area (Å²) in [7, 11) is 0. The van der Waals surface area contributed by atoms with Crippen LogP contribution < -0.4 is 20.9 Å². The van der Waals surface area contributed by atoms with Crippen LogP contribution in [-0.2, 0) is 0 Å². The minimum atomic E-state index is -0.0318. The van der Waals surface area contributed by atoms with E-state index in [1.165, 1.54) is 0 Å². The molecule has 0 fully saturated rings. The lowest BCUT2D eigenvalue weighted by Crippen LogP contribution is -2.01. The van der Waals surface area contributed by atoms with Crippen LogP contribution in [0.3, 0.4) is 0 Å². The summed E-state index contributed by atoms with van der Waals surface area (Å²) in [6, 6.07) is 12.2. The second-order valence-corrected chi connectivity index (χ2v) is 3.95. The Kier molecular flexibility index (Phi) is 4.10. The molecule has 5 N–H and O–H groups in total. The standard InChI is InChI=1S/C14H16N2O3/c15-10-4-5-14(13(16)8-10)19-12-3-1-2-11(9-12)18-7-6-17/h1-5,8-9,17H,6-7,15-16H2. The van der Waals surface area contributed by atoms with Gasteiger partial charge in [0.25, 0.3) is 0 Å². The highest BCUT2D eigenvalue weighted by Gasteiger charge is 2.04. The summed E-state index contributed by atoms with van der Waals surface area (Å²) < 4.78 is 11.0. The van der Waals surface area contributed by atoms with E-state index in [-0.39, 0.29) is 13.2 Å². The summed E-state index contributed by atoms with van der Waals surface area (Å²) >= 11 is 0. The van der Waals surface area contributed by atoms with Crippen molar-refractivity contribution in [3.63, 3.8) is 0 Å². The first kappa shape index (κ1) is 13.0. The molecule has 0 bridgehead atoms. The molecule has 0 amide bonds.